The van der Waals surface area contributed by atoms with Crippen LogP contribution in [0.1, 0.15) is 58.7 Å². The van der Waals surface area contributed by atoms with E-state index in [2.05, 4.69) is 37.7 Å². The van der Waals surface area contributed by atoms with Gasteiger partial charge < -0.3 is 4.90 Å². The van der Waals surface area contributed by atoms with Crippen LogP contribution in [0.4, 0.5) is 0 Å². The molecule has 114 valence electrons. The fourth-order valence-electron chi connectivity index (χ4n) is 2.45. The fraction of sp³-hybridized carbons (Fsp3) is 0.750. The van der Waals surface area contributed by atoms with E-state index in [1.165, 1.54) is 0 Å². The number of hydrogen-bond donors (Lipinski definition) is 0. The van der Waals surface area contributed by atoms with E-state index < -0.39 is 0 Å². The molecule has 1 rings (SSSR count). The number of carbonyl (C=O) groups is 1. The highest BCUT2D eigenvalue weighted by atomic mass is 16.1. The summed E-state index contributed by atoms with van der Waals surface area (Å²) in [5.74, 6) is 0.284. The van der Waals surface area contributed by atoms with Gasteiger partial charge >= 0.3 is 0 Å². The molecule has 0 saturated carbocycles. The van der Waals surface area contributed by atoms with Crippen molar-refractivity contribution in [3.8, 4) is 0 Å². The van der Waals surface area contributed by atoms with E-state index in [0.717, 1.165) is 38.2 Å². The first-order chi connectivity index (χ1) is 9.64. The molecule has 1 aromatic rings. The largest absolute Gasteiger partial charge is 0.303 e. The molecular weight excluding hydrogens is 250 g/mol. The minimum Gasteiger partial charge on any atom is -0.303 e. The summed E-state index contributed by atoms with van der Waals surface area (Å²) in [6.45, 7) is 11.5. The second-order valence-corrected chi connectivity index (χ2v) is 5.25. The Morgan fingerprint density at radius 2 is 1.90 bits per heavy atom. The third kappa shape index (κ3) is 5.08. The monoisotopic (exact) mass is 279 g/mol. The Labute approximate surface area is 123 Å². The molecule has 0 aliphatic carbocycles. The van der Waals surface area contributed by atoms with Gasteiger partial charge in [-0.3, -0.25) is 9.48 Å². The van der Waals surface area contributed by atoms with Gasteiger partial charge in [0.2, 0.25) is 0 Å². The van der Waals surface area contributed by atoms with Crippen LogP contribution in [0.3, 0.4) is 0 Å². The summed E-state index contributed by atoms with van der Waals surface area (Å²) in [6, 6.07) is 2.43. The van der Waals surface area contributed by atoms with E-state index >= 15 is 0 Å². The lowest BCUT2D eigenvalue weighted by Gasteiger charge is -2.16. The van der Waals surface area contributed by atoms with Crippen LogP contribution in [0.25, 0.3) is 0 Å². The van der Waals surface area contributed by atoms with Crippen LogP contribution in [0, 0.1) is 0 Å². The Morgan fingerprint density at radius 1 is 1.25 bits per heavy atom. The maximum atomic E-state index is 12.0. The number of aromatic nitrogens is 2. The second kappa shape index (κ2) is 8.90. The Kier molecular flexibility index (Phi) is 7.52. The van der Waals surface area contributed by atoms with Crippen molar-refractivity contribution in [2.24, 2.45) is 0 Å². The van der Waals surface area contributed by atoms with Crippen LogP contribution in [0.2, 0.25) is 0 Å². The highest BCUT2D eigenvalue weighted by Crippen LogP contribution is 2.14. The summed E-state index contributed by atoms with van der Waals surface area (Å²) >= 11 is 0. The van der Waals surface area contributed by atoms with E-state index in [0.29, 0.717) is 18.9 Å². The smallest absolute Gasteiger partial charge is 0.140 e. The Hall–Kier alpha value is -1.16. The van der Waals surface area contributed by atoms with E-state index in [1.54, 1.807) is 0 Å². The molecule has 4 nitrogen and oxygen atoms in total. The van der Waals surface area contributed by atoms with Gasteiger partial charge in [0.25, 0.3) is 0 Å². The van der Waals surface area contributed by atoms with Gasteiger partial charge in [0.05, 0.1) is 18.2 Å². The predicted molar refractivity (Wildman–Crippen MR) is 83.0 cm³/mol. The molecule has 0 aromatic carbocycles. The first-order valence-electron chi connectivity index (χ1n) is 7.92. The molecular formula is C16H29N3O. The van der Waals surface area contributed by atoms with Gasteiger partial charge in [-0.15, -0.1) is 0 Å². The van der Waals surface area contributed by atoms with Crippen LogP contribution in [-0.2, 0) is 11.2 Å². The average molecular weight is 279 g/mol. The molecule has 4 heteroatoms. The maximum Gasteiger partial charge on any atom is 0.140 e. The molecule has 0 radical (unpaired) electrons. The van der Waals surface area contributed by atoms with Gasteiger partial charge in [-0.25, -0.2) is 0 Å². The van der Waals surface area contributed by atoms with Crippen molar-refractivity contribution in [1.29, 1.82) is 0 Å². The minimum atomic E-state index is 0.284. The summed E-state index contributed by atoms with van der Waals surface area (Å²) < 4.78 is 2.01. The molecule has 0 aliphatic heterocycles. The summed E-state index contributed by atoms with van der Waals surface area (Å²) in [4.78, 5) is 14.3. The summed E-state index contributed by atoms with van der Waals surface area (Å²) in [5.41, 5.74) is 0.904. The minimum absolute atomic E-state index is 0.284. The van der Waals surface area contributed by atoms with Crippen molar-refractivity contribution in [1.82, 2.24) is 14.7 Å². The molecule has 0 atom stereocenters. The predicted octanol–water partition coefficient (Wildman–Crippen LogP) is 3.09. The summed E-state index contributed by atoms with van der Waals surface area (Å²) in [5, 5.41) is 4.54. The molecule has 0 amide bonds. The molecule has 0 spiro atoms. The molecule has 0 aliphatic rings. The molecule has 0 unspecified atom stereocenters. The number of rotatable bonds is 10. The first-order valence-corrected chi connectivity index (χ1v) is 7.92. The lowest BCUT2D eigenvalue weighted by atomic mass is 10.1. The molecule has 20 heavy (non-hydrogen) atoms. The van der Waals surface area contributed by atoms with E-state index in [-0.39, 0.29) is 5.78 Å². The first kappa shape index (κ1) is 16.9. The summed E-state index contributed by atoms with van der Waals surface area (Å²) in [7, 11) is 0. The van der Waals surface area contributed by atoms with E-state index in [1.807, 2.05) is 16.9 Å². The van der Waals surface area contributed by atoms with Gasteiger partial charge in [-0.1, -0.05) is 27.7 Å². The maximum absolute atomic E-state index is 12.0. The topological polar surface area (TPSA) is 38.1 Å². The normalized spacial score (nSPS) is 11.5. The number of Topliss-reactive ketones (excluding diaryl/α,β-unsaturated/α-hetero) is 1. The van der Waals surface area contributed by atoms with Gasteiger partial charge in [0, 0.05) is 19.2 Å². The van der Waals surface area contributed by atoms with Crippen molar-refractivity contribution >= 4 is 5.78 Å². The fourth-order valence-corrected chi connectivity index (χ4v) is 2.45. The van der Waals surface area contributed by atoms with Crippen LogP contribution < -0.4 is 0 Å². The highest BCUT2D eigenvalue weighted by molar-refractivity contribution is 5.80. The van der Waals surface area contributed by atoms with Gasteiger partial charge in [-0.2, -0.15) is 5.10 Å². The standard InChI is InChI=1S/C16H29N3O/c1-5-15(6-2)19-12-9-14(17-19)13-16(20)10-11-18(7-3)8-4/h9,12,15H,5-8,10-11,13H2,1-4H3. The average Bonchev–Trinajstić information content (AvgIpc) is 2.89. The van der Waals surface area contributed by atoms with Crippen molar-refractivity contribution < 1.29 is 4.79 Å². The molecule has 0 N–H and O–H groups in total. The van der Waals surface area contributed by atoms with Crippen LogP contribution in [0.5, 0.6) is 0 Å². The van der Waals surface area contributed by atoms with Crippen molar-refractivity contribution in [3.05, 3.63) is 18.0 Å². The van der Waals surface area contributed by atoms with Gasteiger partial charge in [0.1, 0.15) is 5.78 Å². The van der Waals surface area contributed by atoms with Gasteiger partial charge in [0.15, 0.2) is 0 Å². The zero-order valence-corrected chi connectivity index (χ0v) is 13.4. The van der Waals surface area contributed by atoms with Crippen LogP contribution in [-0.4, -0.2) is 40.1 Å². The molecule has 0 fully saturated rings. The number of nitrogens with zero attached hydrogens (tertiary/aromatic N) is 3. The number of hydrogen-bond acceptors (Lipinski definition) is 3. The molecule has 0 saturated heterocycles. The zero-order chi connectivity index (χ0) is 15.0. The van der Waals surface area contributed by atoms with Crippen molar-refractivity contribution in [2.45, 2.75) is 59.4 Å². The van der Waals surface area contributed by atoms with Crippen molar-refractivity contribution in [2.75, 3.05) is 19.6 Å². The Morgan fingerprint density at radius 3 is 2.45 bits per heavy atom. The van der Waals surface area contributed by atoms with Crippen molar-refractivity contribution in [3.63, 3.8) is 0 Å². The molecule has 1 heterocycles. The summed E-state index contributed by atoms with van der Waals surface area (Å²) in [6.07, 6.45) is 5.25. The SMILES string of the molecule is CCC(CC)n1ccc(CC(=O)CCN(CC)CC)n1. The number of carbonyl (C=O) groups excluding carboxylic acids is 1. The Bertz CT molecular complexity index is 392. The zero-order valence-electron chi connectivity index (χ0n) is 13.4. The highest BCUT2D eigenvalue weighted by Gasteiger charge is 2.11. The lowest BCUT2D eigenvalue weighted by Crippen LogP contribution is -2.26. The quantitative estimate of drug-likeness (QED) is 0.660. The third-order valence-corrected chi connectivity index (χ3v) is 3.96. The molecule has 0 bridgehead atoms. The molecule has 1 aromatic heterocycles. The lowest BCUT2D eigenvalue weighted by molar-refractivity contribution is -0.118. The Balaban J connectivity index is 2.46. The van der Waals surface area contributed by atoms with E-state index in [9.17, 15) is 4.79 Å². The van der Waals surface area contributed by atoms with Crippen LogP contribution >= 0.6 is 0 Å². The second-order valence-electron chi connectivity index (χ2n) is 5.25. The van der Waals surface area contributed by atoms with E-state index in [4.69, 9.17) is 0 Å². The third-order valence-electron chi connectivity index (χ3n) is 3.96. The number of ketones is 1. The van der Waals surface area contributed by atoms with Crippen LogP contribution in [0.15, 0.2) is 12.3 Å². The van der Waals surface area contributed by atoms with Gasteiger partial charge in [-0.05, 0) is 32.0 Å².